The molecule has 2 aromatic heterocycles. The van der Waals surface area contributed by atoms with Gasteiger partial charge in [-0.1, -0.05) is 5.16 Å². The molecule has 0 aliphatic carbocycles. The summed E-state index contributed by atoms with van der Waals surface area (Å²) in [6.07, 6.45) is 3.15. The van der Waals surface area contributed by atoms with E-state index in [0.717, 1.165) is 32.1 Å². The molecule has 18 heavy (non-hydrogen) atoms. The summed E-state index contributed by atoms with van der Waals surface area (Å²) in [5.41, 5.74) is 0.528. The second-order valence-corrected chi connectivity index (χ2v) is 4.34. The lowest BCUT2D eigenvalue weighted by molar-refractivity contribution is 0.320. The lowest BCUT2D eigenvalue weighted by atomic mass is 9.98. The molecule has 0 unspecified atom stereocenters. The summed E-state index contributed by atoms with van der Waals surface area (Å²) in [6.45, 7) is 1.94. The van der Waals surface area contributed by atoms with Crippen LogP contribution >= 0.6 is 0 Å². The highest BCUT2D eigenvalue weighted by molar-refractivity contribution is 5.47. The molecule has 1 saturated heterocycles. The van der Waals surface area contributed by atoms with E-state index in [-0.39, 0.29) is 5.82 Å². The Balaban J connectivity index is 1.82. The van der Waals surface area contributed by atoms with Gasteiger partial charge in [-0.25, -0.2) is 9.37 Å². The van der Waals surface area contributed by atoms with Crippen LogP contribution in [0.3, 0.4) is 0 Å². The molecule has 5 nitrogen and oxygen atoms in total. The van der Waals surface area contributed by atoms with Gasteiger partial charge < -0.3 is 9.84 Å². The second-order valence-electron chi connectivity index (χ2n) is 4.34. The summed E-state index contributed by atoms with van der Waals surface area (Å²) in [6, 6.07) is 2.88. The molecule has 6 heteroatoms. The first kappa shape index (κ1) is 11.3. The fraction of sp³-hybridized carbons (Fsp3) is 0.417. The average molecular weight is 248 g/mol. The van der Waals surface area contributed by atoms with Gasteiger partial charge in [0.1, 0.15) is 11.5 Å². The summed E-state index contributed by atoms with van der Waals surface area (Å²) in [7, 11) is 0. The number of halogens is 1. The Bertz CT molecular complexity index is 519. The molecule has 0 radical (unpaired) electrons. The van der Waals surface area contributed by atoms with Crippen molar-refractivity contribution in [3.8, 4) is 11.5 Å². The molecule has 1 N–H and O–H groups in total. The molecule has 94 valence electrons. The highest BCUT2D eigenvalue weighted by Crippen LogP contribution is 2.25. The van der Waals surface area contributed by atoms with Gasteiger partial charge in [-0.15, -0.1) is 0 Å². The zero-order valence-electron chi connectivity index (χ0n) is 9.77. The van der Waals surface area contributed by atoms with Crippen LogP contribution in [-0.4, -0.2) is 28.2 Å². The summed E-state index contributed by atoms with van der Waals surface area (Å²) in [5.74, 6) is 1.01. The number of hydrogen-bond donors (Lipinski definition) is 1. The zero-order chi connectivity index (χ0) is 12.4. The van der Waals surface area contributed by atoms with E-state index in [1.807, 2.05) is 0 Å². The predicted molar refractivity (Wildman–Crippen MR) is 62.3 cm³/mol. The van der Waals surface area contributed by atoms with Crippen molar-refractivity contribution in [2.24, 2.45) is 0 Å². The van der Waals surface area contributed by atoms with E-state index in [1.54, 1.807) is 6.07 Å². The van der Waals surface area contributed by atoms with Crippen molar-refractivity contribution in [2.75, 3.05) is 13.1 Å². The number of piperidine rings is 1. The molecule has 1 fully saturated rings. The molecule has 0 spiro atoms. The Kier molecular flexibility index (Phi) is 3.02. The lowest BCUT2D eigenvalue weighted by Gasteiger charge is -2.18. The fourth-order valence-electron chi connectivity index (χ4n) is 2.08. The highest BCUT2D eigenvalue weighted by Gasteiger charge is 2.21. The SMILES string of the molecule is Fc1ccc(-c2noc(C3CCNCC3)n2)nc1. The van der Waals surface area contributed by atoms with Crippen molar-refractivity contribution in [3.63, 3.8) is 0 Å². The monoisotopic (exact) mass is 248 g/mol. The first-order valence-electron chi connectivity index (χ1n) is 5.99. The Morgan fingerprint density at radius 1 is 1.28 bits per heavy atom. The average Bonchev–Trinajstić information content (AvgIpc) is 2.90. The maximum absolute atomic E-state index is 12.8. The molecular formula is C12H13FN4O. The van der Waals surface area contributed by atoms with Crippen molar-refractivity contribution in [1.82, 2.24) is 20.4 Å². The first-order valence-corrected chi connectivity index (χ1v) is 5.99. The molecule has 3 rings (SSSR count). The normalized spacial score (nSPS) is 16.9. The smallest absolute Gasteiger partial charge is 0.230 e. The van der Waals surface area contributed by atoms with Crippen LogP contribution in [0, 0.1) is 5.82 Å². The number of pyridine rings is 1. The molecule has 3 heterocycles. The van der Waals surface area contributed by atoms with Gasteiger partial charge in [-0.2, -0.15) is 4.98 Å². The maximum Gasteiger partial charge on any atom is 0.230 e. The minimum absolute atomic E-state index is 0.313. The van der Waals surface area contributed by atoms with Crippen LogP contribution in [0.1, 0.15) is 24.7 Å². The van der Waals surface area contributed by atoms with Crippen molar-refractivity contribution >= 4 is 0 Å². The van der Waals surface area contributed by atoms with Crippen molar-refractivity contribution < 1.29 is 8.91 Å². The molecule has 0 aromatic carbocycles. The van der Waals surface area contributed by atoms with Crippen LogP contribution < -0.4 is 5.32 Å². The van der Waals surface area contributed by atoms with Crippen LogP contribution in [0.2, 0.25) is 0 Å². The molecule has 0 bridgehead atoms. The van der Waals surface area contributed by atoms with Crippen molar-refractivity contribution in [2.45, 2.75) is 18.8 Å². The molecule has 2 aromatic rings. The number of rotatable bonds is 2. The van der Waals surface area contributed by atoms with Crippen LogP contribution in [0.4, 0.5) is 4.39 Å². The standard InChI is InChI=1S/C12H13FN4O/c13-9-1-2-10(15-7-9)11-16-12(18-17-11)8-3-5-14-6-4-8/h1-2,7-8,14H,3-6H2. The van der Waals surface area contributed by atoms with E-state index in [1.165, 1.54) is 6.07 Å². The van der Waals surface area contributed by atoms with Crippen molar-refractivity contribution in [3.05, 3.63) is 30.0 Å². The Labute approximate surface area is 103 Å². The summed E-state index contributed by atoms with van der Waals surface area (Å²) in [4.78, 5) is 8.28. The van der Waals surface area contributed by atoms with Gasteiger partial charge >= 0.3 is 0 Å². The van der Waals surface area contributed by atoms with Gasteiger partial charge in [0.15, 0.2) is 0 Å². The lowest BCUT2D eigenvalue weighted by Crippen LogP contribution is -2.26. The van der Waals surface area contributed by atoms with E-state index in [0.29, 0.717) is 23.3 Å². The molecule has 1 aliphatic heterocycles. The van der Waals surface area contributed by atoms with Gasteiger partial charge in [0.2, 0.25) is 11.7 Å². The van der Waals surface area contributed by atoms with Crippen LogP contribution in [0.15, 0.2) is 22.9 Å². The summed E-state index contributed by atoms with van der Waals surface area (Å²) in [5, 5.41) is 7.19. The van der Waals surface area contributed by atoms with E-state index < -0.39 is 0 Å². The molecule has 1 aliphatic rings. The van der Waals surface area contributed by atoms with Crippen LogP contribution in [0.25, 0.3) is 11.5 Å². The summed E-state index contributed by atoms with van der Waals surface area (Å²) >= 11 is 0. The van der Waals surface area contributed by atoms with Gasteiger partial charge in [0.05, 0.1) is 6.20 Å². The van der Waals surface area contributed by atoms with E-state index >= 15 is 0 Å². The molecule has 0 amide bonds. The van der Waals surface area contributed by atoms with Gasteiger partial charge in [-0.3, -0.25) is 0 Å². The Morgan fingerprint density at radius 3 is 2.83 bits per heavy atom. The first-order chi connectivity index (χ1) is 8.83. The molecule has 0 saturated carbocycles. The highest BCUT2D eigenvalue weighted by atomic mass is 19.1. The van der Waals surface area contributed by atoms with E-state index in [9.17, 15) is 4.39 Å². The van der Waals surface area contributed by atoms with E-state index in [4.69, 9.17) is 4.52 Å². The predicted octanol–water partition coefficient (Wildman–Crippen LogP) is 1.74. The Morgan fingerprint density at radius 2 is 2.11 bits per heavy atom. The zero-order valence-corrected chi connectivity index (χ0v) is 9.77. The minimum atomic E-state index is -0.374. The summed E-state index contributed by atoms with van der Waals surface area (Å²) < 4.78 is 18.0. The molecule has 0 atom stereocenters. The van der Waals surface area contributed by atoms with E-state index in [2.05, 4.69) is 20.4 Å². The topological polar surface area (TPSA) is 63.8 Å². The fourth-order valence-corrected chi connectivity index (χ4v) is 2.08. The van der Waals surface area contributed by atoms with Crippen LogP contribution in [0.5, 0.6) is 0 Å². The van der Waals surface area contributed by atoms with Crippen LogP contribution in [-0.2, 0) is 0 Å². The van der Waals surface area contributed by atoms with Crippen molar-refractivity contribution in [1.29, 1.82) is 0 Å². The third-order valence-electron chi connectivity index (χ3n) is 3.09. The van der Waals surface area contributed by atoms with Gasteiger partial charge in [-0.05, 0) is 38.1 Å². The maximum atomic E-state index is 12.8. The number of aromatic nitrogens is 3. The second kappa shape index (κ2) is 4.81. The molecular weight excluding hydrogens is 235 g/mol. The Hall–Kier alpha value is -1.82. The number of hydrogen-bond acceptors (Lipinski definition) is 5. The minimum Gasteiger partial charge on any atom is -0.339 e. The largest absolute Gasteiger partial charge is 0.339 e. The van der Waals surface area contributed by atoms with Gasteiger partial charge in [0.25, 0.3) is 0 Å². The number of nitrogens with zero attached hydrogens (tertiary/aromatic N) is 3. The third-order valence-corrected chi connectivity index (χ3v) is 3.09. The third kappa shape index (κ3) is 2.24. The van der Waals surface area contributed by atoms with Gasteiger partial charge in [0, 0.05) is 5.92 Å². The quantitative estimate of drug-likeness (QED) is 0.877. The number of nitrogens with one attached hydrogen (secondary N) is 1.